The molecule has 2 aliphatic rings. The fraction of sp³-hybridized carbons (Fsp3) is 0.579. The standard InChI is InChI=1S/C19H26N2O3S2/c1-5-14(6-2)18(22)20-19-21(15-9-7-8-12(3)13(15)4)16-10-26(23,24)11-17(16)25-19/h7-9,14,16-17H,5-6,10-11H2,1-4H3/t16-,17+/m1/s1. The third-order valence-electron chi connectivity index (χ3n) is 5.44. The summed E-state index contributed by atoms with van der Waals surface area (Å²) in [6, 6.07) is 5.85. The Morgan fingerprint density at radius 3 is 2.62 bits per heavy atom. The number of fused-ring (bicyclic) bond motifs is 1. The molecule has 0 bridgehead atoms. The van der Waals surface area contributed by atoms with Crippen LogP contribution in [0.4, 0.5) is 5.69 Å². The van der Waals surface area contributed by atoms with Crippen LogP contribution in [-0.4, -0.2) is 42.3 Å². The van der Waals surface area contributed by atoms with Gasteiger partial charge >= 0.3 is 0 Å². The summed E-state index contributed by atoms with van der Waals surface area (Å²) in [5.74, 6) is 0.0985. The smallest absolute Gasteiger partial charge is 0.251 e. The Bertz CT molecular complexity index is 844. The van der Waals surface area contributed by atoms with Crippen LogP contribution in [0.1, 0.15) is 37.8 Å². The van der Waals surface area contributed by atoms with Crippen molar-refractivity contribution >= 4 is 38.4 Å². The minimum Gasteiger partial charge on any atom is -0.315 e. The Kier molecular flexibility index (Phi) is 5.49. The molecule has 2 aliphatic heterocycles. The van der Waals surface area contributed by atoms with Crippen LogP contribution in [0, 0.1) is 19.8 Å². The van der Waals surface area contributed by atoms with Gasteiger partial charge in [-0.1, -0.05) is 37.7 Å². The molecule has 0 aromatic heterocycles. The molecule has 7 heteroatoms. The third-order valence-corrected chi connectivity index (χ3v) is 8.65. The van der Waals surface area contributed by atoms with Crippen LogP contribution in [0.2, 0.25) is 0 Å². The molecule has 1 aromatic rings. The Morgan fingerprint density at radius 2 is 1.96 bits per heavy atom. The molecular weight excluding hydrogens is 368 g/mol. The lowest BCUT2D eigenvalue weighted by molar-refractivity contribution is -0.121. The Labute approximate surface area is 160 Å². The van der Waals surface area contributed by atoms with Gasteiger partial charge in [0.05, 0.1) is 17.5 Å². The van der Waals surface area contributed by atoms with Crippen LogP contribution < -0.4 is 4.90 Å². The van der Waals surface area contributed by atoms with E-state index in [1.165, 1.54) is 11.8 Å². The van der Waals surface area contributed by atoms with Crippen molar-refractivity contribution in [2.45, 2.75) is 51.8 Å². The minimum absolute atomic E-state index is 0.0619. The van der Waals surface area contributed by atoms with Crippen molar-refractivity contribution < 1.29 is 13.2 Å². The fourth-order valence-corrected chi connectivity index (χ4v) is 7.58. The van der Waals surface area contributed by atoms with Crippen LogP contribution in [0.5, 0.6) is 0 Å². The molecule has 0 N–H and O–H groups in total. The molecular formula is C19H26N2O3S2. The number of carbonyl (C=O) groups is 1. The second-order valence-corrected chi connectivity index (χ2v) is 10.5. The largest absolute Gasteiger partial charge is 0.315 e. The molecule has 1 aromatic carbocycles. The predicted molar refractivity (Wildman–Crippen MR) is 109 cm³/mol. The highest BCUT2D eigenvalue weighted by Crippen LogP contribution is 2.42. The number of hydrogen-bond acceptors (Lipinski definition) is 4. The first-order valence-electron chi connectivity index (χ1n) is 9.12. The minimum atomic E-state index is -3.05. The zero-order valence-corrected chi connectivity index (χ0v) is 17.4. The van der Waals surface area contributed by atoms with Gasteiger partial charge in [-0.3, -0.25) is 4.79 Å². The normalized spacial score (nSPS) is 25.9. The quantitative estimate of drug-likeness (QED) is 0.783. The van der Waals surface area contributed by atoms with E-state index in [2.05, 4.69) is 4.99 Å². The molecule has 1 amide bonds. The van der Waals surface area contributed by atoms with Crippen molar-refractivity contribution in [1.82, 2.24) is 0 Å². The molecule has 0 radical (unpaired) electrons. The molecule has 3 rings (SSSR count). The number of amides is 1. The van der Waals surface area contributed by atoms with Crippen molar-refractivity contribution in [3.05, 3.63) is 29.3 Å². The van der Waals surface area contributed by atoms with E-state index in [-0.39, 0.29) is 34.6 Å². The summed E-state index contributed by atoms with van der Waals surface area (Å²) in [7, 11) is -3.05. The van der Waals surface area contributed by atoms with E-state index >= 15 is 0 Å². The first kappa shape index (κ1) is 19.4. The summed E-state index contributed by atoms with van der Waals surface area (Å²) < 4.78 is 24.3. The zero-order valence-electron chi connectivity index (χ0n) is 15.7. The second kappa shape index (κ2) is 7.35. The van der Waals surface area contributed by atoms with E-state index in [4.69, 9.17) is 0 Å². The number of sulfone groups is 1. The maximum absolute atomic E-state index is 12.6. The third kappa shape index (κ3) is 3.56. The van der Waals surface area contributed by atoms with Gasteiger partial charge in [-0.25, -0.2) is 8.42 Å². The lowest BCUT2D eigenvalue weighted by atomic mass is 10.0. The Morgan fingerprint density at radius 1 is 1.27 bits per heavy atom. The summed E-state index contributed by atoms with van der Waals surface area (Å²) in [5.41, 5.74) is 3.20. The van der Waals surface area contributed by atoms with Gasteiger partial charge < -0.3 is 4.90 Å². The van der Waals surface area contributed by atoms with Crippen molar-refractivity contribution in [3.8, 4) is 0 Å². The van der Waals surface area contributed by atoms with Gasteiger partial charge in [0.15, 0.2) is 15.0 Å². The Hall–Kier alpha value is -1.34. The van der Waals surface area contributed by atoms with Gasteiger partial charge in [0.1, 0.15) is 0 Å². The molecule has 142 valence electrons. The maximum atomic E-state index is 12.6. The van der Waals surface area contributed by atoms with E-state index in [1.807, 2.05) is 50.8 Å². The lowest BCUT2D eigenvalue weighted by Gasteiger charge is -2.27. The topological polar surface area (TPSA) is 66.8 Å². The first-order chi connectivity index (χ1) is 12.3. The number of carbonyl (C=O) groups excluding carboxylic acids is 1. The lowest BCUT2D eigenvalue weighted by Crippen LogP contribution is -2.38. The molecule has 0 unspecified atom stereocenters. The van der Waals surface area contributed by atoms with Gasteiger partial charge in [0.2, 0.25) is 0 Å². The van der Waals surface area contributed by atoms with Crippen molar-refractivity contribution in [3.63, 3.8) is 0 Å². The Balaban J connectivity index is 2.04. The second-order valence-electron chi connectivity index (χ2n) is 7.14. The molecule has 2 fully saturated rings. The summed E-state index contributed by atoms with van der Waals surface area (Å²) >= 11 is 1.44. The summed E-state index contributed by atoms with van der Waals surface area (Å²) in [6.45, 7) is 8.07. The number of benzene rings is 1. The van der Waals surface area contributed by atoms with Crippen molar-refractivity contribution in [2.75, 3.05) is 16.4 Å². The number of aliphatic imine (C=N–C) groups is 1. The van der Waals surface area contributed by atoms with Crippen LogP contribution in [0.3, 0.4) is 0 Å². The van der Waals surface area contributed by atoms with Gasteiger partial charge in [0.25, 0.3) is 5.91 Å². The molecule has 2 atom stereocenters. The number of amidine groups is 1. The summed E-state index contributed by atoms with van der Waals surface area (Å²) in [4.78, 5) is 19.0. The molecule has 0 saturated carbocycles. The number of thioether (sulfide) groups is 1. The van der Waals surface area contributed by atoms with E-state index in [9.17, 15) is 13.2 Å². The highest BCUT2D eigenvalue weighted by molar-refractivity contribution is 8.16. The predicted octanol–water partition coefficient (Wildman–Crippen LogP) is 3.34. The van der Waals surface area contributed by atoms with Crippen LogP contribution in [0.15, 0.2) is 23.2 Å². The molecule has 0 spiro atoms. The van der Waals surface area contributed by atoms with Crippen LogP contribution in [-0.2, 0) is 14.6 Å². The van der Waals surface area contributed by atoms with Gasteiger partial charge in [-0.2, -0.15) is 4.99 Å². The number of anilines is 1. The number of aryl methyl sites for hydroxylation is 1. The van der Waals surface area contributed by atoms with E-state index < -0.39 is 9.84 Å². The molecule has 2 saturated heterocycles. The van der Waals surface area contributed by atoms with Crippen molar-refractivity contribution in [2.24, 2.45) is 10.9 Å². The summed E-state index contributed by atoms with van der Waals surface area (Å²) in [6.07, 6.45) is 1.53. The van der Waals surface area contributed by atoms with Gasteiger partial charge in [-0.05, 0) is 43.9 Å². The summed E-state index contributed by atoms with van der Waals surface area (Å²) in [5, 5.41) is 0.591. The van der Waals surface area contributed by atoms with E-state index in [1.54, 1.807) is 0 Å². The monoisotopic (exact) mass is 394 g/mol. The molecule has 5 nitrogen and oxygen atoms in total. The molecule has 0 aliphatic carbocycles. The maximum Gasteiger partial charge on any atom is 0.251 e. The van der Waals surface area contributed by atoms with Crippen LogP contribution >= 0.6 is 11.8 Å². The van der Waals surface area contributed by atoms with Gasteiger partial charge in [0, 0.05) is 16.9 Å². The van der Waals surface area contributed by atoms with Crippen molar-refractivity contribution in [1.29, 1.82) is 0 Å². The van der Waals surface area contributed by atoms with E-state index in [0.717, 1.165) is 29.7 Å². The van der Waals surface area contributed by atoms with Gasteiger partial charge in [-0.15, -0.1) is 0 Å². The molecule has 26 heavy (non-hydrogen) atoms. The SMILES string of the molecule is CCC(CC)C(=O)N=C1S[C@H]2CS(=O)(=O)C[C@H]2N1c1cccc(C)c1C. The highest BCUT2D eigenvalue weighted by Gasteiger charge is 2.49. The first-order valence-corrected chi connectivity index (χ1v) is 11.8. The van der Waals surface area contributed by atoms with E-state index in [0.29, 0.717) is 5.17 Å². The highest BCUT2D eigenvalue weighted by atomic mass is 32.2. The fourth-order valence-electron chi connectivity index (χ4n) is 3.67. The average molecular weight is 395 g/mol. The average Bonchev–Trinajstić information content (AvgIpc) is 3.02. The number of rotatable bonds is 4. The zero-order chi connectivity index (χ0) is 19.1. The molecule has 2 heterocycles. The number of hydrogen-bond donors (Lipinski definition) is 0. The number of nitrogens with zero attached hydrogens (tertiary/aromatic N) is 2. The van der Waals surface area contributed by atoms with Crippen LogP contribution in [0.25, 0.3) is 0 Å².